The Morgan fingerprint density at radius 2 is 1.76 bits per heavy atom. The molecule has 0 amide bonds. The molecule has 0 atom stereocenters. The van der Waals surface area contributed by atoms with Crippen LogP contribution in [0.2, 0.25) is 0 Å². The van der Waals surface area contributed by atoms with Crippen LogP contribution in [0, 0.1) is 0 Å². The highest BCUT2D eigenvalue weighted by atomic mass is 16.5. The van der Waals surface area contributed by atoms with Gasteiger partial charge in [0.25, 0.3) is 0 Å². The third-order valence-electron chi connectivity index (χ3n) is 4.82. The SMILES string of the molecule is COc1cc2ncnc(-c3ccc4c(c3)CN(C)CC4)c2cc1OC. The fourth-order valence-corrected chi connectivity index (χ4v) is 3.46. The summed E-state index contributed by atoms with van der Waals surface area (Å²) in [6, 6.07) is 10.5. The summed E-state index contributed by atoms with van der Waals surface area (Å²) in [5.74, 6) is 1.36. The van der Waals surface area contributed by atoms with Gasteiger partial charge in [-0.1, -0.05) is 12.1 Å². The summed E-state index contributed by atoms with van der Waals surface area (Å²) in [6.07, 6.45) is 2.71. The van der Waals surface area contributed by atoms with Crippen molar-refractivity contribution in [2.75, 3.05) is 27.8 Å². The van der Waals surface area contributed by atoms with Crippen molar-refractivity contribution in [2.45, 2.75) is 13.0 Å². The first-order valence-electron chi connectivity index (χ1n) is 8.37. The lowest BCUT2D eigenvalue weighted by molar-refractivity contribution is 0.313. The van der Waals surface area contributed by atoms with E-state index in [-0.39, 0.29) is 0 Å². The van der Waals surface area contributed by atoms with E-state index in [0.29, 0.717) is 11.5 Å². The van der Waals surface area contributed by atoms with E-state index in [1.165, 1.54) is 11.1 Å². The molecule has 1 aromatic heterocycles. The van der Waals surface area contributed by atoms with Gasteiger partial charge in [-0.05, 0) is 36.7 Å². The van der Waals surface area contributed by atoms with Crippen molar-refractivity contribution in [2.24, 2.45) is 0 Å². The Morgan fingerprint density at radius 1 is 0.960 bits per heavy atom. The van der Waals surface area contributed by atoms with Crippen molar-refractivity contribution in [3.8, 4) is 22.8 Å². The smallest absolute Gasteiger partial charge is 0.162 e. The second-order valence-corrected chi connectivity index (χ2v) is 6.42. The average Bonchev–Trinajstić information content (AvgIpc) is 2.65. The quantitative estimate of drug-likeness (QED) is 0.735. The Bertz CT molecular complexity index is 940. The molecule has 0 unspecified atom stereocenters. The van der Waals surface area contributed by atoms with Crippen LogP contribution in [0.1, 0.15) is 11.1 Å². The average molecular weight is 335 g/mol. The molecule has 0 bridgehead atoms. The molecule has 0 fully saturated rings. The zero-order chi connectivity index (χ0) is 17.4. The summed E-state index contributed by atoms with van der Waals surface area (Å²) >= 11 is 0. The third-order valence-corrected chi connectivity index (χ3v) is 4.82. The van der Waals surface area contributed by atoms with Gasteiger partial charge in [0.2, 0.25) is 0 Å². The zero-order valence-electron chi connectivity index (χ0n) is 14.7. The molecule has 1 aliphatic rings. The van der Waals surface area contributed by atoms with Crippen molar-refractivity contribution < 1.29 is 9.47 Å². The number of fused-ring (bicyclic) bond motifs is 2. The topological polar surface area (TPSA) is 47.5 Å². The van der Waals surface area contributed by atoms with Crippen LogP contribution in [0.5, 0.6) is 11.5 Å². The second kappa shape index (κ2) is 6.33. The summed E-state index contributed by atoms with van der Waals surface area (Å²) in [6.45, 7) is 2.09. The van der Waals surface area contributed by atoms with Crippen LogP contribution >= 0.6 is 0 Å². The van der Waals surface area contributed by atoms with E-state index >= 15 is 0 Å². The van der Waals surface area contributed by atoms with Crippen molar-refractivity contribution in [1.29, 1.82) is 0 Å². The maximum Gasteiger partial charge on any atom is 0.162 e. The highest BCUT2D eigenvalue weighted by Gasteiger charge is 2.16. The summed E-state index contributed by atoms with van der Waals surface area (Å²) in [4.78, 5) is 11.3. The molecular formula is C20H21N3O2. The molecule has 0 N–H and O–H groups in total. The first-order chi connectivity index (χ1) is 12.2. The van der Waals surface area contributed by atoms with Crippen LogP contribution in [0.25, 0.3) is 22.2 Å². The van der Waals surface area contributed by atoms with E-state index in [4.69, 9.17) is 9.47 Å². The van der Waals surface area contributed by atoms with E-state index in [1.54, 1.807) is 20.5 Å². The Hall–Kier alpha value is -2.66. The minimum absolute atomic E-state index is 0.673. The zero-order valence-corrected chi connectivity index (χ0v) is 14.7. The van der Waals surface area contributed by atoms with E-state index in [9.17, 15) is 0 Å². The predicted octanol–water partition coefficient (Wildman–Crippen LogP) is 3.30. The van der Waals surface area contributed by atoms with Crippen LogP contribution in [0.15, 0.2) is 36.7 Å². The molecule has 25 heavy (non-hydrogen) atoms. The largest absolute Gasteiger partial charge is 0.493 e. The number of benzene rings is 2. The molecule has 5 nitrogen and oxygen atoms in total. The second-order valence-electron chi connectivity index (χ2n) is 6.42. The lowest BCUT2D eigenvalue weighted by atomic mass is 9.95. The predicted molar refractivity (Wildman–Crippen MR) is 98.1 cm³/mol. The van der Waals surface area contributed by atoms with E-state index in [2.05, 4.69) is 40.1 Å². The number of hydrogen-bond donors (Lipinski definition) is 0. The molecule has 0 saturated heterocycles. The Balaban J connectivity index is 1.88. The van der Waals surface area contributed by atoms with Crippen molar-refractivity contribution in [1.82, 2.24) is 14.9 Å². The summed E-state index contributed by atoms with van der Waals surface area (Å²) < 4.78 is 10.8. The van der Waals surface area contributed by atoms with Gasteiger partial charge >= 0.3 is 0 Å². The minimum Gasteiger partial charge on any atom is -0.493 e. The third kappa shape index (κ3) is 2.81. The van der Waals surface area contributed by atoms with E-state index < -0.39 is 0 Å². The maximum atomic E-state index is 5.45. The molecular weight excluding hydrogens is 314 g/mol. The highest BCUT2D eigenvalue weighted by Crippen LogP contribution is 2.35. The van der Waals surface area contributed by atoms with Crippen LogP contribution in [-0.4, -0.2) is 42.7 Å². The van der Waals surface area contributed by atoms with Gasteiger partial charge in [0, 0.05) is 30.1 Å². The normalized spacial score (nSPS) is 14.4. The van der Waals surface area contributed by atoms with Gasteiger partial charge in [-0.25, -0.2) is 9.97 Å². The summed E-state index contributed by atoms with van der Waals surface area (Å²) in [5.41, 5.74) is 5.67. The highest BCUT2D eigenvalue weighted by molar-refractivity contribution is 5.94. The number of methoxy groups -OCH3 is 2. The van der Waals surface area contributed by atoms with Crippen molar-refractivity contribution in [3.63, 3.8) is 0 Å². The van der Waals surface area contributed by atoms with Crippen LogP contribution in [0.3, 0.4) is 0 Å². The molecule has 0 radical (unpaired) electrons. The molecule has 2 heterocycles. The molecule has 3 aromatic rings. The van der Waals surface area contributed by atoms with Gasteiger partial charge in [-0.2, -0.15) is 0 Å². The lowest BCUT2D eigenvalue weighted by Gasteiger charge is -2.25. The van der Waals surface area contributed by atoms with Crippen LogP contribution < -0.4 is 9.47 Å². The number of aromatic nitrogens is 2. The number of nitrogens with zero attached hydrogens (tertiary/aromatic N) is 3. The van der Waals surface area contributed by atoms with Crippen LogP contribution in [-0.2, 0) is 13.0 Å². The minimum atomic E-state index is 0.673. The summed E-state index contributed by atoms with van der Waals surface area (Å²) in [5, 5.41) is 0.962. The van der Waals surface area contributed by atoms with Gasteiger partial charge in [0.15, 0.2) is 11.5 Å². The standard InChI is InChI=1S/C20H21N3O2/c1-23-7-6-13-4-5-14(8-15(13)11-23)20-16-9-18(24-2)19(25-3)10-17(16)21-12-22-20/h4-5,8-10,12H,6-7,11H2,1-3H3. The first-order valence-corrected chi connectivity index (χ1v) is 8.37. The van der Waals surface area contributed by atoms with Gasteiger partial charge in [-0.15, -0.1) is 0 Å². The summed E-state index contributed by atoms with van der Waals surface area (Å²) in [7, 11) is 5.43. The molecule has 5 heteroatoms. The first kappa shape index (κ1) is 15.8. The van der Waals surface area contributed by atoms with Crippen molar-refractivity contribution >= 4 is 10.9 Å². The van der Waals surface area contributed by atoms with E-state index in [1.807, 2.05) is 12.1 Å². The monoisotopic (exact) mass is 335 g/mol. The fourth-order valence-electron chi connectivity index (χ4n) is 3.46. The Kier molecular flexibility index (Phi) is 4.01. The number of rotatable bonds is 3. The maximum absolute atomic E-state index is 5.45. The van der Waals surface area contributed by atoms with Gasteiger partial charge in [0.05, 0.1) is 25.4 Å². The van der Waals surface area contributed by atoms with Crippen molar-refractivity contribution in [3.05, 3.63) is 47.8 Å². The Morgan fingerprint density at radius 3 is 2.56 bits per heavy atom. The molecule has 0 spiro atoms. The van der Waals surface area contributed by atoms with Crippen LogP contribution in [0.4, 0.5) is 0 Å². The number of likely N-dealkylation sites (N-methyl/N-ethyl adjacent to an activating group) is 1. The lowest BCUT2D eigenvalue weighted by Crippen LogP contribution is -2.26. The van der Waals surface area contributed by atoms with Gasteiger partial charge in [-0.3, -0.25) is 0 Å². The molecule has 128 valence electrons. The van der Waals surface area contributed by atoms with Gasteiger partial charge < -0.3 is 14.4 Å². The molecule has 1 aliphatic heterocycles. The fraction of sp³-hybridized carbons (Fsp3) is 0.300. The Labute approximate surface area is 147 Å². The number of hydrogen-bond acceptors (Lipinski definition) is 5. The van der Waals surface area contributed by atoms with Gasteiger partial charge in [0.1, 0.15) is 6.33 Å². The van der Waals surface area contributed by atoms with E-state index in [0.717, 1.165) is 41.7 Å². The molecule has 0 aliphatic carbocycles. The molecule has 0 saturated carbocycles. The number of ether oxygens (including phenoxy) is 2. The molecule has 4 rings (SSSR count). The molecule has 2 aromatic carbocycles.